The summed E-state index contributed by atoms with van der Waals surface area (Å²) in [5.74, 6) is 0.160. The van der Waals surface area contributed by atoms with E-state index in [2.05, 4.69) is 6.92 Å². The number of Topliss-reactive ketones (excluding diaryl/α,β-unsaturated/α-hetero) is 1. The van der Waals surface area contributed by atoms with Gasteiger partial charge in [0.05, 0.1) is 15.5 Å². The van der Waals surface area contributed by atoms with Crippen LogP contribution in [0.5, 0.6) is 0 Å². The molecular formula is C13H16Cl2O. The summed E-state index contributed by atoms with van der Waals surface area (Å²) in [7, 11) is 0. The molecule has 1 aromatic rings. The van der Waals surface area contributed by atoms with Crippen LogP contribution in [0.3, 0.4) is 0 Å². The van der Waals surface area contributed by atoms with Crippen molar-refractivity contribution in [3.8, 4) is 0 Å². The normalized spacial score (nSPS) is 14.6. The summed E-state index contributed by atoms with van der Waals surface area (Å²) in [6, 6.07) is 5.42. The van der Waals surface area contributed by atoms with Crippen molar-refractivity contribution in [1.29, 1.82) is 0 Å². The van der Waals surface area contributed by atoms with Crippen molar-refractivity contribution in [1.82, 2.24) is 0 Å². The third-order valence-corrected chi connectivity index (χ3v) is 3.82. The number of rotatable bonds is 4. The molecule has 0 aliphatic rings. The van der Waals surface area contributed by atoms with E-state index in [-0.39, 0.29) is 5.78 Å². The Hall–Kier alpha value is -0.530. The summed E-state index contributed by atoms with van der Waals surface area (Å²) >= 11 is 11.9. The van der Waals surface area contributed by atoms with Gasteiger partial charge in [-0.05, 0) is 38.0 Å². The van der Waals surface area contributed by atoms with E-state index >= 15 is 0 Å². The second kappa shape index (κ2) is 5.20. The zero-order chi connectivity index (χ0) is 12.3. The molecular weight excluding hydrogens is 243 g/mol. The first-order valence-corrected chi connectivity index (χ1v) is 6.14. The first-order valence-electron chi connectivity index (χ1n) is 5.38. The van der Waals surface area contributed by atoms with Crippen LogP contribution in [0.15, 0.2) is 18.2 Å². The maximum Gasteiger partial charge on any atom is 0.140 e. The summed E-state index contributed by atoms with van der Waals surface area (Å²) in [4.78, 5) is 11.8. The van der Waals surface area contributed by atoms with Gasteiger partial charge in [-0.3, -0.25) is 4.79 Å². The maximum absolute atomic E-state index is 11.8. The molecule has 0 spiro atoms. The van der Waals surface area contributed by atoms with Crippen molar-refractivity contribution in [2.24, 2.45) is 0 Å². The van der Waals surface area contributed by atoms with Gasteiger partial charge in [-0.25, -0.2) is 0 Å². The van der Waals surface area contributed by atoms with Crippen molar-refractivity contribution in [2.75, 3.05) is 0 Å². The molecule has 1 aromatic carbocycles. The summed E-state index contributed by atoms with van der Waals surface area (Å²) in [6.45, 7) is 5.65. The van der Waals surface area contributed by atoms with Gasteiger partial charge in [-0.1, -0.05) is 42.6 Å². The molecule has 1 nitrogen and oxygen atoms in total. The standard InChI is InChI=1S/C13H16Cl2O/c1-4-7-13(3,9(2)16)10-5-6-11(14)12(15)8-10/h5-6,8H,4,7H2,1-3H3. The van der Waals surface area contributed by atoms with Crippen LogP contribution < -0.4 is 0 Å². The molecule has 1 atom stereocenters. The van der Waals surface area contributed by atoms with E-state index in [1.165, 1.54) is 0 Å². The molecule has 16 heavy (non-hydrogen) atoms. The molecule has 88 valence electrons. The molecule has 0 saturated heterocycles. The molecule has 0 bridgehead atoms. The highest BCUT2D eigenvalue weighted by Crippen LogP contribution is 2.34. The zero-order valence-corrected chi connectivity index (χ0v) is 11.3. The van der Waals surface area contributed by atoms with E-state index in [1.807, 2.05) is 13.0 Å². The van der Waals surface area contributed by atoms with Gasteiger partial charge in [0.25, 0.3) is 0 Å². The van der Waals surface area contributed by atoms with Gasteiger partial charge in [-0.15, -0.1) is 0 Å². The lowest BCUT2D eigenvalue weighted by Gasteiger charge is -2.27. The minimum Gasteiger partial charge on any atom is -0.299 e. The highest BCUT2D eigenvalue weighted by molar-refractivity contribution is 6.42. The van der Waals surface area contributed by atoms with Crippen molar-refractivity contribution in [3.63, 3.8) is 0 Å². The Balaban J connectivity index is 3.21. The van der Waals surface area contributed by atoms with Crippen LogP contribution in [0, 0.1) is 0 Å². The van der Waals surface area contributed by atoms with Gasteiger partial charge in [0.2, 0.25) is 0 Å². The molecule has 0 aliphatic heterocycles. The number of hydrogen-bond acceptors (Lipinski definition) is 1. The number of halogens is 2. The molecule has 0 heterocycles. The van der Waals surface area contributed by atoms with Crippen molar-refractivity contribution >= 4 is 29.0 Å². The lowest BCUT2D eigenvalue weighted by molar-refractivity contribution is -0.122. The number of hydrogen-bond donors (Lipinski definition) is 0. The predicted molar refractivity (Wildman–Crippen MR) is 69.4 cm³/mol. The number of carbonyl (C=O) groups excluding carboxylic acids is 1. The van der Waals surface area contributed by atoms with Crippen LogP contribution in [-0.2, 0) is 10.2 Å². The van der Waals surface area contributed by atoms with E-state index in [1.54, 1.807) is 19.1 Å². The molecule has 0 aromatic heterocycles. The SMILES string of the molecule is CCCC(C)(C(C)=O)c1ccc(Cl)c(Cl)c1. The van der Waals surface area contributed by atoms with Gasteiger partial charge in [0, 0.05) is 0 Å². The molecule has 3 heteroatoms. The Kier molecular flexibility index (Phi) is 4.40. The molecule has 1 unspecified atom stereocenters. The van der Waals surface area contributed by atoms with E-state index in [0.29, 0.717) is 10.0 Å². The Bertz CT molecular complexity index is 401. The Morgan fingerprint density at radius 3 is 2.38 bits per heavy atom. The molecule has 0 amide bonds. The third-order valence-electron chi connectivity index (χ3n) is 3.08. The summed E-state index contributed by atoms with van der Waals surface area (Å²) < 4.78 is 0. The lowest BCUT2D eigenvalue weighted by Crippen LogP contribution is -2.30. The van der Waals surface area contributed by atoms with Crippen LogP contribution in [0.2, 0.25) is 10.0 Å². The van der Waals surface area contributed by atoms with Crippen molar-refractivity contribution < 1.29 is 4.79 Å². The minimum atomic E-state index is -0.455. The molecule has 1 rings (SSSR count). The highest BCUT2D eigenvalue weighted by atomic mass is 35.5. The van der Waals surface area contributed by atoms with Crippen LogP contribution >= 0.6 is 23.2 Å². The Labute approximate surface area is 107 Å². The topological polar surface area (TPSA) is 17.1 Å². The zero-order valence-electron chi connectivity index (χ0n) is 9.81. The second-order valence-electron chi connectivity index (χ2n) is 4.27. The van der Waals surface area contributed by atoms with Gasteiger partial charge in [0.1, 0.15) is 5.78 Å². The summed E-state index contributed by atoms with van der Waals surface area (Å²) in [6.07, 6.45) is 1.77. The first-order chi connectivity index (χ1) is 7.41. The van der Waals surface area contributed by atoms with Crippen LogP contribution in [-0.4, -0.2) is 5.78 Å². The number of benzene rings is 1. The van der Waals surface area contributed by atoms with E-state index in [0.717, 1.165) is 18.4 Å². The highest BCUT2D eigenvalue weighted by Gasteiger charge is 2.31. The van der Waals surface area contributed by atoms with Gasteiger partial charge in [-0.2, -0.15) is 0 Å². The minimum absolute atomic E-state index is 0.160. The van der Waals surface area contributed by atoms with Crippen LogP contribution in [0.25, 0.3) is 0 Å². The summed E-state index contributed by atoms with van der Waals surface area (Å²) in [5.41, 5.74) is 0.486. The third kappa shape index (κ3) is 2.58. The fraction of sp³-hybridized carbons (Fsp3) is 0.462. The molecule has 0 fully saturated rings. The molecule has 0 aliphatic carbocycles. The Morgan fingerprint density at radius 1 is 1.31 bits per heavy atom. The lowest BCUT2D eigenvalue weighted by atomic mass is 9.76. The number of carbonyl (C=O) groups is 1. The average molecular weight is 259 g/mol. The first kappa shape index (κ1) is 13.5. The monoisotopic (exact) mass is 258 g/mol. The van der Waals surface area contributed by atoms with Crippen molar-refractivity contribution in [3.05, 3.63) is 33.8 Å². The van der Waals surface area contributed by atoms with Gasteiger partial charge < -0.3 is 0 Å². The fourth-order valence-electron chi connectivity index (χ4n) is 1.86. The van der Waals surface area contributed by atoms with E-state index < -0.39 is 5.41 Å². The van der Waals surface area contributed by atoms with Crippen LogP contribution in [0.1, 0.15) is 39.2 Å². The predicted octanol–water partition coefficient (Wildman–Crippen LogP) is 4.64. The Morgan fingerprint density at radius 2 is 1.94 bits per heavy atom. The van der Waals surface area contributed by atoms with E-state index in [9.17, 15) is 4.79 Å². The quantitative estimate of drug-likeness (QED) is 0.769. The average Bonchev–Trinajstić information content (AvgIpc) is 2.22. The second-order valence-corrected chi connectivity index (χ2v) is 5.08. The molecule has 0 saturated carbocycles. The fourth-order valence-corrected chi connectivity index (χ4v) is 2.16. The largest absolute Gasteiger partial charge is 0.299 e. The van der Waals surface area contributed by atoms with Gasteiger partial charge >= 0.3 is 0 Å². The smallest absolute Gasteiger partial charge is 0.140 e. The summed E-state index contributed by atoms with van der Waals surface area (Å²) in [5, 5.41) is 1.02. The van der Waals surface area contributed by atoms with E-state index in [4.69, 9.17) is 23.2 Å². The molecule has 0 radical (unpaired) electrons. The maximum atomic E-state index is 11.8. The van der Waals surface area contributed by atoms with Crippen molar-refractivity contribution in [2.45, 2.75) is 39.0 Å². The molecule has 0 N–H and O–H groups in total. The number of ketones is 1. The van der Waals surface area contributed by atoms with Gasteiger partial charge in [0.15, 0.2) is 0 Å². The van der Waals surface area contributed by atoms with Crippen LogP contribution in [0.4, 0.5) is 0 Å².